The lowest BCUT2D eigenvalue weighted by Gasteiger charge is -2.31. The van der Waals surface area contributed by atoms with E-state index in [0.717, 1.165) is 47.5 Å². The second-order valence-corrected chi connectivity index (χ2v) is 11.3. The molecule has 0 spiro atoms. The number of pyridine rings is 1. The lowest BCUT2D eigenvalue weighted by atomic mass is 9.93. The van der Waals surface area contributed by atoms with Crippen molar-refractivity contribution in [1.29, 1.82) is 0 Å². The molecule has 4 N–H and O–H groups in total. The fourth-order valence-corrected chi connectivity index (χ4v) is 5.60. The van der Waals surface area contributed by atoms with Crippen molar-refractivity contribution in [2.24, 2.45) is 5.92 Å². The molecular weight excluding hydrogens is 580 g/mol. The Morgan fingerprint density at radius 2 is 1.86 bits per heavy atom. The number of aromatic nitrogens is 3. The molecule has 2 aromatic heterocycles. The Balaban J connectivity index is 1.09. The predicted molar refractivity (Wildman–Crippen MR) is 171 cm³/mol. The molecule has 0 aliphatic carbocycles. The van der Waals surface area contributed by atoms with Crippen molar-refractivity contribution in [3.8, 4) is 5.75 Å². The van der Waals surface area contributed by atoms with Gasteiger partial charge in [0.2, 0.25) is 11.9 Å². The smallest absolute Gasteiger partial charge is 0.321 e. The third-order valence-corrected chi connectivity index (χ3v) is 8.09. The minimum Gasteiger partial charge on any atom is -0.497 e. The quantitative estimate of drug-likeness (QED) is 0.204. The Kier molecular flexibility index (Phi) is 8.74. The van der Waals surface area contributed by atoms with Gasteiger partial charge in [0, 0.05) is 48.8 Å². The van der Waals surface area contributed by atoms with Crippen LogP contribution in [0.25, 0.3) is 0 Å². The minimum absolute atomic E-state index is 0.0412. The summed E-state index contributed by atoms with van der Waals surface area (Å²) in [6.07, 6.45) is 8.42. The summed E-state index contributed by atoms with van der Waals surface area (Å²) in [6.45, 7) is 1.18. The van der Waals surface area contributed by atoms with E-state index in [1.165, 1.54) is 0 Å². The van der Waals surface area contributed by atoms with Gasteiger partial charge >= 0.3 is 6.03 Å². The number of methoxy groups -OCH3 is 1. The number of halogens is 1. The van der Waals surface area contributed by atoms with E-state index >= 15 is 0 Å². The highest BCUT2D eigenvalue weighted by atomic mass is 35.5. The molecule has 0 atom stereocenters. The van der Waals surface area contributed by atoms with Crippen LogP contribution in [-0.4, -0.2) is 52.0 Å². The highest BCUT2D eigenvalue weighted by Gasteiger charge is 2.25. The summed E-state index contributed by atoms with van der Waals surface area (Å²) in [4.78, 5) is 41.0. The van der Waals surface area contributed by atoms with E-state index in [1.54, 1.807) is 30.5 Å². The molecule has 6 rings (SSSR count). The number of nitrogens with zero attached hydrogens (tertiary/aromatic N) is 4. The number of fused-ring (bicyclic) bond motifs is 6. The number of carbonyl (C=O) groups excluding carboxylic acids is 2. The number of piperidine rings is 1. The van der Waals surface area contributed by atoms with Crippen molar-refractivity contribution in [2.45, 2.75) is 32.1 Å². The van der Waals surface area contributed by atoms with E-state index in [-0.39, 0.29) is 17.9 Å². The number of ether oxygens (including phenoxy) is 1. The van der Waals surface area contributed by atoms with Gasteiger partial charge in [-0.3, -0.25) is 9.78 Å². The molecule has 4 aromatic rings. The highest BCUT2D eigenvalue weighted by Crippen LogP contribution is 2.30. The summed E-state index contributed by atoms with van der Waals surface area (Å²) in [7, 11) is 1.59. The van der Waals surface area contributed by atoms with Crippen LogP contribution in [0, 0.1) is 5.92 Å². The van der Waals surface area contributed by atoms with Gasteiger partial charge in [0.1, 0.15) is 10.8 Å². The number of hydrogen-bond acceptors (Lipinski definition) is 8. The minimum atomic E-state index is -0.147. The molecule has 4 heterocycles. The maximum atomic E-state index is 13.2. The first kappa shape index (κ1) is 29.2. The number of aryl methyl sites for hydroxylation is 2. The molecule has 1 fully saturated rings. The largest absolute Gasteiger partial charge is 0.497 e. The van der Waals surface area contributed by atoms with Gasteiger partial charge in [0.25, 0.3) is 0 Å². The molecule has 44 heavy (non-hydrogen) atoms. The van der Waals surface area contributed by atoms with Crippen LogP contribution in [0.15, 0.2) is 67.1 Å². The summed E-state index contributed by atoms with van der Waals surface area (Å²) in [6, 6.07) is 15.0. The first-order chi connectivity index (χ1) is 21.4. The number of nitrogens with one attached hydrogen (secondary N) is 4. The van der Waals surface area contributed by atoms with Crippen LogP contribution in [0.2, 0.25) is 5.02 Å². The first-order valence-electron chi connectivity index (χ1n) is 14.5. The van der Waals surface area contributed by atoms with Gasteiger partial charge in [-0.05, 0) is 79.1 Å². The van der Waals surface area contributed by atoms with Gasteiger partial charge in [0.15, 0.2) is 5.82 Å². The molecule has 0 radical (unpaired) electrons. The van der Waals surface area contributed by atoms with Crippen molar-refractivity contribution in [2.75, 3.05) is 41.5 Å². The van der Waals surface area contributed by atoms with Crippen LogP contribution in [0.1, 0.15) is 30.4 Å². The SMILES string of the molecule is COc1cccc(NC(=O)N2CCC(CC(=O)Nc3ccc4cc3CCc3cncc(c3)Nc3ncc(Cl)c(n3)N4)CC2)c1. The Labute approximate surface area is 260 Å². The zero-order valence-corrected chi connectivity index (χ0v) is 25.0. The average Bonchev–Trinajstić information content (AvgIpc) is 3.03. The van der Waals surface area contributed by atoms with Crippen molar-refractivity contribution in [3.63, 3.8) is 0 Å². The number of rotatable bonds is 5. The van der Waals surface area contributed by atoms with Crippen molar-refractivity contribution >= 4 is 58.1 Å². The summed E-state index contributed by atoms with van der Waals surface area (Å²) >= 11 is 6.39. The topological polar surface area (TPSA) is 133 Å². The summed E-state index contributed by atoms with van der Waals surface area (Å²) in [5.41, 5.74) is 5.05. The third kappa shape index (κ3) is 7.17. The fraction of sp³-hybridized carbons (Fsp3) is 0.281. The molecular formula is C32H33ClN8O3. The zero-order chi connectivity index (χ0) is 30.5. The zero-order valence-electron chi connectivity index (χ0n) is 24.3. The van der Waals surface area contributed by atoms with Gasteiger partial charge in [-0.15, -0.1) is 0 Å². The van der Waals surface area contributed by atoms with E-state index < -0.39 is 0 Å². The lowest BCUT2D eigenvalue weighted by molar-refractivity contribution is -0.117. The summed E-state index contributed by atoms with van der Waals surface area (Å²) < 4.78 is 5.24. The van der Waals surface area contributed by atoms with E-state index in [0.29, 0.717) is 54.2 Å². The van der Waals surface area contributed by atoms with Crippen LogP contribution >= 0.6 is 11.6 Å². The molecule has 226 valence electrons. The molecule has 2 aromatic carbocycles. The van der Waals surface area contributed by atoms with Crippen molar-refractivity contribution in [3.05, 3.63) is 83.3 Å². The van der Waals surface area contributed by atoms with Crippen molar-refractivity contribution in [1.82, 2.24) is 19.9 Å². The van der Waals surface area contributed by atoms with E-state index in [2.05, 4.69) is 36.2 Å². The second kappa shape index (κ2) is 13.2. The van der Waals surface area contributed by atoms with Crippen LogP contribution in [-0.2, 0) is 17.6 Å². The molecule has 2 aliphatic heterocycles. The summed E-state index contributed by atoms with van der Waals surface area (Å²) in [5.74, 6) is 1.71. The Morgan fingerprint density at radius 3 is 2.70 bits per heavy atom. The molecule has 0 unspecified atom stereocenters. The van der Waals surface area contributed by atoms with E-state index in [4.69, 9.17) is 16.3 Å². The van der Waals surface area contributed by atoms with Crippen LogP contribution in [0.3, 0.4) is 0 Å². The second-order valence-electron chi connectivity index (χ2n) is 10.9. The maximum Gasteiger partial charge on any atom is 0.321 e. The standard InChI is InChI=1S/C32H33ClN8O3/c1-44-26-4-2-3-23(16-26)38-32(43)41-11-9-20(10-12-41)14-29(42)39-28-8-7-24-15-22(28)6-5-21-13-25(18-34-17-21)37-31-35-19-27(33)30(36-24)40-31/h2-4,7-8,13,15-20H,5-6,9-12,14H2,1H3,(H,38,43)(H,39,42)(H2,35,36,37,40). The van der Waals surface area contributed by atoms with Gasteiger partial charge in [0.05, 0.1) is 25.2 Å². The molecule has 1 saturated heterocycles. The Morgan fingerprint density at radius 1 is 1.00 bits per heavy atom. The third-order valence-electron chi connectivity index (χ3n) is 7.82. The van der Waals surface area contributed by atoms with Crippen LogP contribution in [0.4, 0.5) is 39.3 Å². The highest BCUT2D eigenvalue weighted by molar-refractivity contribution is 6.32. The summed E-state index contributed by atoms with van der Waals surface area (Å²) in [5, 5.41) is 12.9. The van der Waals surface area contributed by atoms with E-state index in [1.807, 2.05) is 48.7 Å². The van der Waals surface area contributed by atoms with Gasteiger partial charge in [-0.2, -0.15) is 4.98 Å². The average molecular weight is 613 g/mol. The molecule has 2 aliphatic rings. The lowest BCUT2D eigenvalue weighted by Crippen LogP contribution is -2.41. The first-order valence-corrected chi connectivity index (χ1v) is 14.9. The van der Waals surface area contributed by atoms with Gasteiger partial charge < -0.3 is 30.9 Å². The maximum absolute atomic E-state index is 13.2. The van der Waals surface area contributed by atoms with E-state index in [9.17, 15) is 9.59 Å². The Hall–Kier alpha value is -4.90. The number of urea groups is 1. The number of carbonyl (C=O) groups is 2. The molecule has 6 bridgehead atoms. The number of likely N-dealkylation sites (tertiary alicyclic amines) is 1. The normalized spacial score (nSPS) is 14.5. The monoisotopic (exact) mass is 612 g/mol. The van der Waals surface area contributed by atoms with Crippen LogP contribution in [0.5, 0.6) is 5.75 Å². The van der Waals surface area contributed by atoms with Gasteiger partial charge in [-0.1, -0.05) is 17.7 Å². The molecule has 0 saturated carbocycles. The fourth-order valence-electron chi connectivity index (χ4n) is 5.46. The molecule has 3 amide bonds. The molecule has 11 nitrogen and oxygen atoms in total. The van der Waals surface area contributed by atoms with Gasteiger partial charge in [-0.25, -0.2) is 9.78 Å². The molecule has 12 heteroatoms. The Bertz CT molecular complexity index is 1680. The van der Waals surface area contributed by atoms with Crippen LogP contribution < -0.4 is 26.0 Å². The number of amides is 3. The number of hydrogen-bond donors (Lipinski definition) is 4. The van der Waals surface area contributed by atoms with Crippen molar-refractivity contribution < 1.29 is 14.3 Å². The number of benzene rings is 2. The number of anilines is 6. The predicted octanol–water partition coefficient (Wildman–Crippen LogP) is 6.39.